The Balaban J connectivity index is 4.28. The molecule has 0 aliphatic rings. The Hall–Kier alpha value is -0.990. The fraction of sp³-hybridized carbons (Fsp3) is 0.953. The number of carbonyl (C=O) groups excluding carboxylic acids is 2. The van der Waals surface area contributed by atoms with Crippen molar-refractivity contribution in [2.75, 3.05) is 47.5 Å². The minimum Gasteiger partial charge on any atom is -0.756 e. The van der Waals surface area contributed by atoms with E-state index in [1.807, 2.05) is 21.1 Å². The summed E-state index contributed by atoms with van der Waals surface area (Å²) in [5.41, 5.74) is 0. The lowest BCUT2D eigenvalue weighted by molar-refractivity contribution is -0.870. The first-order chi connectivity index (χ1) is 25.5. The van der Waals surface area contributed by atoms with Crippen molar-refractivity contribution in [2.24, 2.45) is 0 Å². The minimum atomic E-state index is -4.61. The van der Waals surface area contributed by atoms with Gasteiger partial charge in [-0.15, -0.1) is 0 Å². The molecule has 10 heteroatoms. The summed E-state index contributed by atoms with van der Waals surface area (Å²) in [6.45, 7) is 4.26. The zero-order chi connectivity index (χ0) is 39.3. The number of esters is 2. The Kier molecular flexibility index (Phi) is 36.0. The van der Waals surface area contributed by atoms with Crippen LogP contribution in [0.3, 0.4) is 0 Å². The van der Waals surface area contributed by atoms with Gasteiger partial charge in [0.15, 0.2) is 6.10 Å². The highest BCUT2D eigenvalue weighted by molar-refractivity contribution is 7.45. The van der Waals surface area contributed by atoms with E-state index < -0.39 is 26.5 Å². The van der Waals surface area contributed by atoms with Crippen LogP contribution in [-0.2, 0) is 32.7 Å². The summed E-state index contributed by atoms with van der Waals surface area (Å²) in [6.07, 6.45) is 35.5. The minimum absolute atomic E-state index is 0.0258. The van der Waals surface area contributed by atoms with Gasteiger partial charge < -0.3 is 27.9 Å². The highest BCUT2D eigenvalue weighted by atomic mass is 31.2. The van der Waals surface area contributed by atoms with Crippen molar-refractivity contribution in [1.82, 2.24) is 0 Å². The van der Waals surface area contributed by atoms with Crippen LogP contribution in [0.5, 0.6) is 0 Å². The standard InChI is InChI=1S/C43H86NO8P/c1-6-8-10-12-14-16-18-20-21-22-23-24-26-27-29-31-33-35-42(45)49-39-41(40-51-53(47,48)50-38-37-44(3,4)5)52-43(46)36-34-32-30-28-25-19-17-15-13-11-9-7-2/h41H,6-40H2,1-5H3/t41-/m0/s1. The van der Waals surface area contributed by atoms with E-state index in [1.165, 1.54) is 148 Å². The van der Waals surface area contributed by atoms with Crippen LogP contribution in [0.1, 0.15) is 213 Å². The number of hydrogen-bond donors (Lipinski definition) is 0. The first-order valence-corrected chi connectivity index (χ1v) is 23.7. The summed E-state index contributed by atoms with van der Waals surface area (Å²) >= 11 is 0. The SMILES string of the molecule is CCCCCCCCCCCCCCCCCCCC(=O)OC[C@@H](COP(=O)([O-])OCC[N+](C)(C)C)OC(=O)CCCCCCCCCCCCCC. The van der Waals surface area contributed by atoms with Crippen molar-refractivity contribution in [3.05, 3.63) is 0 Å². The van der Waals surface area contributed by atoms with E-state index in [1.54, 1.807) is 0 Å². The summed E-state index contributed by atoms with van der Waals surface area (Å²) in [7, 11) is 1.18. The third kappa shape index (κ3) is 40.5. The maximum atomic E-state index is 12.6. The van der Waals surface area contributed by atoms with Crippen LogP contribution in [0.25, 0.3) is 0 Å². The zero-order valence-corrected chi connectivity index (χ0v) is 36.4. The van der Waals surface area contributed by atoms with Gasteiger partial charge in [0, 0.05) is 12.8 Å². The zero-order valence-electron chi connectivity index (χ0n) is 35.5. The van der Waals surface area contributed by atoms with Crippen molar-refractivity contribution in [1.29, 1.82) is 0 Å². The van der Waals surface area contributed by atoms with Gasteiger partial charge in [0.25, 0.3) is 7.82 Å². The second-order valence-corrected chi connectivity index (χ2v) is 17.8. The number of ether oxygens (including phenoxy) is 2. The van der Waals surface area contributed by atoms with Crippen molar-refractivity contribution in [3.8, 4) is 0 Å². The molecule has 0 fully saturated rings. The van der Waals surface area contributed by atoms with Crippen molar-refractivity contribution in [2.45, 2.75) is 219 Å². The highest BCUT2D eigenvalue weighted by Crippen LogP contribution is 2.38. The molecule has 0 saturated carbocycles. The van der Waals surface area contributed by atoms with Gasteiger partial charge in [-0.25, -0.2) is 0 Å². The molecule has 316 valence electrons. The molecule has 0 N–H and O–H groups in total. The van der Waals surface area contributed by atoms with Crippen LogP contribution >= 0.6 is 7.82 Å². The van der Waals surface area contributed by atoms with Crippen LogP contribution in [0, 0.1) is 0 Å². The van der Waals surface area contributed by atoms with Crippen LogP contribution < -0.4 is 4.89 Å². The quantitative estimate of drug-likeness (QED) is 0.0261. The van der Waals surface area contributed by atoms with Crippen LogP contribution in [-0.4, -0.2) is 70.0 Å². The number of phosphoric ester groups is 1. The van der Waals surface area contributed by atoms with Crippen molar-refractivity contribution >= 4 is 19.8 Å². The summed E-state index contributed by atoms with van der Waals surface area (Å²) in [6, 6.07) is 0. The fourth-order valence-corrected chi connectivity index (χ4v) is 7.09. The molecule has 0 aliphatic carbocycles. The Morgan fingerprint density at radius 3 is 1.21 bits per heavy atom. The van der Waals surface area contributed by atoms with E-state index in [-0.39, 0.29) is 32.0 Å². The molecule has 9 nitrogen and oxygen atoms in total. The van der Waals surface area contributed by atoms with Gasteiger partial charge in [-0.1, -0.05) is 187 Å². The number of hydrogen-bond acceptors (Lipinski definition) is 8. The van der Waals surface area contributed by atoms with Gasteiger partial charge >= 0.3 is 11.9 Å². The van der Waals surface area contributed by atoms with Gasteiger partial charge in [-0.3, -0.25) is 14.2 Å². The Morgan fingerprint density at radius 1 is 0.509 bits per heavy atom. The van der Waals surface area contributed by atoms with E-state index in [9.17, 15) is 19.0 Å². The topological polar surface area (TPSA) is 111 Å². The maximum absolute atomic E-state index is 12.6. The number of quaternary nitrogens is 1. The predicted octanol–water partition coefficient (Wildman–Crippen LogP) is 11.8. The molecule has 1 unspecified atom stereocenters. The monoisotopic (exact) mass is 776 g/mol. The smallest absolute Gasteiger partial charge is 0.306 e. The van der Waals surface area contributed by atoms with E-state index in [2.05, 4.69) is 13.8 Å². The number of rotatable bonds is 41. The molecular weight excluding hydrogens is 689 g/mol. The highest BCUT2D eigenvalue weighted by Gasteiger charge is 2.21. The van der Waals surface area contributed by atoms with Crippen molar-refractivity contribution < 1.29 is 42.1 Å². The number of nitrogens with zero attached hydrogens (tertiary/aromatic N) is 1. The molecule has 0 aromatic rings. The number of likely N-dealkylation sites (N-methyl/N-ethyl adjacent to an activating group) is 1. The fourth-order valence-electron chi connectivity index (χ4n) is 6.36. The molecule has 2 atom stereocenters. The molecule has 53 heavy (non-hydrogen) atoms. The summed E-state index contributed by atoms with van der Waals surface area (Å²) in [5.74, 6) is -0.820. The summed E-state index contributed by atoms with van der Waals surface area (Å²) in [5, 5.41) is 0. The number of unbranched alkanes of at least 4 members (excludes halogenated alkanes) is 27. The van der Waals surface area contributed by atoms with Crippen LogP contribution in [0.4, 0.5) is 0 Å². The van der Waals surface area contributed by atoms with Gasteiger partial charge in [-0.05, 0) is 12.8 Å². The second-order valence-electron chi connectivity index (χ2n) is 16.4. The average Bonchev–Trinajstić information content (AvgIpc) is 3.10. The first-order valence-electron chi connectivity index (χ1n) is 22.2. The van der Waals surface area contributed by atoms with Gasteiger partial charge in [0.2, 0.25) is 0 Å². The van der Waals surface area contributed by atoms with Gasteiger partial charge in [0.05, 0.1) is 27.7 Å². The van der Waals surface area contributed by atoms with Gasteiger partial charge in [0.1, 0.15) is 19.8 Å². The lowest BCUT2D eigenvalue weighted by atomic mass is 10.0. The maximum Gasteiger partial charge on any atom is 0.306 e. The van der Waals surface area contributed by atoms with Crippen LogP contribution in [0.2, 0.25) is 0 Å². The molecule has 0 radical (unpaired) electrons. The number of phosphoric acid groups is 1. The first kappa shape index (κ1) is 52.0. The lowest BCUT2D eigenvalue weighted by Gasteiger charge is -2.28. The van der Waals surface area contributed by atoms with Crippen LogP contribution in [0.15, 0.2) is 0 Å². The molecule has 0 heterocycles. The molecule has 0 aromatic carbocycles. The van der Waals surface area contributed by atoms with E-state index >= 15 is 0 Å². The normalized spacial score (nSPS) is 13.5. The molecule has 0 saturated heterocycles. The molecule has 0 aromatic heterocycles. The largest absolute Gasteiger partial charge is 0.756 e. The summed E-state index contributed by atoms with van der Waals surface area (Å²) in [4.78, 5) is 37.5. The Morgan fingerprint density at radius 2 is 0.849 bits per heavy atom. The van der Waals surface area contributed by atoms with E-state index in [0.717, 1.165) is 32.1 Å². The Labute approximate surface area is 327 Å². The third-order valence-electron chi connectivity index (χ3n) is 9.88. The van der Waals surface area contributed by atoms with E-state index in [4.69, 9.17) is 18.5 Å². The average molecular weight is 776 g/mol. The number of carbonyl (C=O) groups is 2. The molecule has 0 bridgehead atoms. The summed E-state index contributed by atoms with van der Waals surface area (Å²) < 4.78 is 33.9. The molecule has 0 aliphatic heterocycles. The molecule has 0 rings (SSSR count). The lowest BCUT2D eigenvalue weighted by Crippen LogP contribution is -2.37. The third-order valence-corrected chi connectivity index (χ3v) is 10.8. The van der Waals surface area contributed by atoms with Gasteiger partial charge in [-0.2, -0.15) is 0 Å². The molecule has 0 amide bonds. The van der Waals surface area contributed by atoms with E-state index in [0.29, 0.717) is 17.4 Å². The second kappa shape index (κ2) is 36.6. The molecular formula is C43H86NO8P. The molecule has 0 spiro atoms. The Bertz CT molecular complexity index is 881. The predicted molar refractivity (Wildman–Crippen MR) is 218 cm³/mol. The van der Waals surface area contributed by atoms with Crippen molar-refractivity contribution in [3.63, 3.8) is 0 Å².